The summed E-state index contributed by atoms with van der Waals surface area (Å²) in [5.74, 6) is 0.739. The van der Waals surface area contributed by atoms with Gasteiger partial charge in [-0.1, -0.05) is 17.7 Å². The van der Waals surface area contributed by atoms with Crippen molar-refractivity contribution in [2.75, 3.05) is 18.4 Å². The molecule has 0 heterocycles. The van der Waals surface area contributed by atoms with Gasteiger partial charge < -0.3 is 10.6 Å². The number of anilines is 1. The molecule has 0 unspecified atom stereocenters. The first-order chi connectivity index (χ1) is 8.15. The summed E-state index contributed by atoms with van der Waals surface area (Å²) in [6, 6.07) is 5.59. The van der Waals surface area contributed by atoms with Crippen LogP contribution in [0.25, 0.3) is 0 Å². The molecule has 3 nitrogen and oxygen atoms in total. The molecule has 0 aliphatic heterocycles. The number of carbonyl (C=O) groups is 1. The van der Waals surface area contributed by atoms with Gasteiger partial charge in [0.25, 0.3) is 0 Å². The highest BCUT2D eigenvalue weighted by Crippen LogP contribution is 2.27. The summed E-state index contributed by atoms with van der Waals surface area (Å²) >= 11 is 6.00. The van der Waals surface area contributed by atoms with E-state index in [1.807, 2.05) is 19.1 Å². The fraction of sp³-hybridized carbons (Fsp3) is 0.462. The maximum atomic E-state index is 11.6. The van der Waals surface area contributed by atoms with E-state index in [0.29, 0.717) is 17.3 Å². The van der Waals surface area contributed by atoms with Gasteiger partial charge in [-0.3, -0.25) is 4.79 Å². The third kappa shape index (κ3) is 4.02. The fourth-order valence-electron chi connectivity index (χ4n) is 1.64. The lowest BCUT2D eigenvalue weighted by Crippen LogP contribution is -2.29. The van der Waals surface area contributed by atoms with E-state index in [-0.39, 0.29) is 5.91 Å². The van der Waals surface area contributed by atoms with Crippen LogP contribution in [0.3, 0.4) is 0 Å². The molecule has 92 valence electrons. The van der Waals surface area contributed by atoms with E-state index in [2.05, 4.69) is 10.6 Å². The van der Waals surface area contributed by atoms with Crippen LogP contribution < -0.4 is 10.6 Å². The highest BCUT2D eigenvalue weighted by Gasteiger charge is 2.20. The highest BCUT2D eigenvalue weighted by molar-refractivity contribution is 6.33. The molecule has 0 radical (unpaired) electrons. The van der Waals surface area contributed by atoms with E-state index in [1.165, 1.54) is 12.8 Å². The summed E-state index contributed by atoms with van der Waals surface area (Å²) in [7, 11) is 0. The SMILES string of the molecule is Cc1ccc(Cl)c(NC(=O)CNCC2CC2)c1. The second-order valence-corrected chi connectivity index (χ2v) is 5.01. The van der Waals surface area contributed by atoms with Gasteiger partial charge in [0.1, 0.15) is 0 Å². The van der Waals surface area contributed by atoms with E-state index in [4.69, 9.17) is 11.6 Å². The van der Waals surface area contributed by atoms with Crippen molar-refractivity contribution < 1.29 is 4.79 Å². The Labute approximate surface area is 107 Å². The van der Waals surface area contributed by atoms with Crippen LogP contribution in [-0.4, -0.2) is 19.0 Å². The summed E-state index contributed by atoms with van der Waals surface area (Å²) in [6.07, 6.45) is 2.58. The van der Waals surface area contributed by atoms with Crippen molar-refractivity contribution in [3.63, 3.8) is 0 Å². The normalized spacial score (nSPS) is 14.7. The third-order valence-electron chi connectivity index (χ3n) is 2.81. The molecule has 1 amide bonds. The topological polar surface area (TPSA) is 41.1 Å². The molecule has 1 fully saturated rings. The summed E-state index contributed by atoms with van der Waals surface area (Å²) in [5, 5.41) is 6.53. The largest absolute Gasteiger partial charge is 0.324 e. The predicted octanol–water partition coefficient (Wildman–Crippen LogP) is 2.59. The van der Waals surface area contributed by atoms with E-state index in [9.17, 15) is 4.79 Å². The van der Waals surface area contributed by atoms with Crippen molar-refractivity contribution in [3.05, 3.63) is 28.8 Å². The van der Waals surface area contributed by atoms with Gasteiger partial charge in [0.05, 0.1) is 17.3 Å². The number of nitrogens with one attached hydrogen (secondary N) is 2. The van der Waals surface area contributed by atoms with Crippen molar-refractivity contribution in [1.29, 1.82) is 0 Å². The minimum Gasteiger partial charge on any atom is -0.324 e. The Morgan fingerprint density at radius 3 is 2.94 bits per heavy atom. The molecule has 0 bridgehead atoms. The van der Waals surface area contributed by atoms with Crippen LogP contribution in [-0.2, 0) is 4.79 Å². The van der Waals surface area contributed by atoms with Crippen LogP contribution in [0.1, 0.15) is 18.4 Å². The Balaban J connectivity index is 1.81. The predicted molar refractivity (Wildman–Crippen MR) is 70.4 cm³/mol. The Morgan fingerprint density at radius 1 is 1.47 bits per heavy atom. The lowest BCUT2D eigenvalue weighted by molar-refractivity contribution is -0.115. The Kier molecular flexibility index (Phi) is 4.02. The average molecular weight is 253 g/mol. The third-order valence-corrected chi connectivity index (χ3v) is 3.14. The number of hydrogen-bond donors (Lipinski definition) is 2. The molecule has 0 spiro atoms. The van der Waals surface area contributed by atoms with Crippen molar-refractivity contribution in [1.82, 2.24) is 5.32 Å². The molecule has 2 N–H and O–H groups in total. The lowest BCUT2D eigenvalue weighted by Gasteiger charge is -2.08. The number of amides is 1. The quantitative estimate of drug-likeness (QED) is 0.846. The van der Waals surface area contributed by atoms with Gasteiger partial charge in [-0.2, -0.15) is 0 Å². The van der Waals surface area contributed by atoms with Crippen LogP contribution >= 0.6 is 11.6 Å². The van der Waals surface area contributed by atoms with Crippen LogP contribution in [0, 0.1) is 12.8 Å². The first kappa shape index (κ1) is 12.4. The molecule has 1 aliphatic rings. The van der Waals surface area contributed by atoms with Gasteiger partial charge in [0.2, 0.25) is 5.91 Å². The molecule has 0 aromatic heterocycles. The number of rotatable bonds is 5. The monoisotopic (exact) mass is 252 g/mol. The van der Waals surface area contributed by atoms with Crippen molar-refractivity contribution in [3.8, 4) is 0 Å². The molecule has 1 aliphatic carbocycles. The Morgan fingerprint density at radius 2 is 2.24 bits per heavy atom. The molecule has 0 saturated heterocycles. The molecule has 4 heteroatoms. The first-order valence-electron chi connectivity index (χ1n) is 5.92. The summed E-state index contributed by atoms with van der Waals surface area (Å²) in [4.78, 5) is 11.6. The Bertz CT molecular complexity index is 416. The maximum Gasteiger partial charge on any atom is 0.238 e. The van der Waals surface area contributed by atoms with Crippen molar-refractivity contribution in [2.45, 2.75) is 19.8 Å². The number of halogens is 1. The Hall–Kier alpha value is -1.06. The standard InChI is InChI=1S/C13H17ClN2O/c1-9-2-5-11(14)12(6-9)16-13(17)8-15-7-10-3-4-10/h2,5-6,10,15H,3-4,7-8H2,1H3,(H,16,17). The van der Waals surface area contributed by atoms with Crippen molar-refractivity contribution in [2.24, 2.45) is 5.92 Å². The molecular weight excluding hydrogens is 236 g/mol. The van der Waals surface area contributed by atoms with Gasteiger partial charge in [0.15, 0.2) is 0 Å². The number of carbonyl (C=O) groups excluding carboxylic acids is 1. The maximum absolute atomic E-state index is 11.6. The lowest BCUT2D eigenvalue weighted by atomic mass is 10.2. The van der Waals surface area contributed by atoms with Crippen LogP contribution in [0.2, 0.25) is 5.02 Å². The molecule has 2 rings (SSSR count). The minimum absolute atomic E-state index is 0.0434. The molecule has 1 aromatic rings. The zero-order valence-corrected chi connectivity index (χ0v) is 10.7. The molecule has 1 aromatic carbocycles. The van der Waals surface area contributed by atoms with E-state index < -0.39 is 0 Å². The number of hydrogen-bond acceptors (Lipinski definition) is 2. The van der Waals surface area contributed by atoms with Gasteiger partial charge in [0, 0.05) is 0 Å². The van der Waals surface area contributed by atoms with Gasteiger partial charge in [-0.05, 0) is 49.9 Å². The molecule has 0 atom stereocenters. The van der Waals surface area contributed by atoms with Gasteiger partial charge in [-0.15, -0.1) is 0 Å². The fourth-order valence-corrected chi connectivity index (χ4v) is 1.81. The van der Waals surface area contributed by atoms with E-state index >= 15 is 0 Å². The smallest absolute Gasteiger partial charge is 0.238 e. The zero-order chi connectivity index (χ0) is 12.3. The summed E-state index contributed by atoms with van der Waals surface area (Å²) in [6.45, 7) is 3.26. The average Bonchev–Trinajstić information content (AvgIpc) is 3.07. The van der Waals surface area contributed by atoms with Gasteiger partial charge in [-0.25, -0.2) is 0 Å². The molecule has 17 heavy (non-hydrogen) atoms. The van der Waals surface area contributed by atoms with Crippen LogP contribution in [0.5, 0.6) is 0 Å². The first-order valence-corrected chi connectivity index (χ1v) is 6.29. The van der Waals surface area contributed by atoms with Crippen LogP contribution in [0.15, 0.2) is 18.2 Å². The number of aryl methyl sites for hydroxylation is 1. The van der Waals surface area contributed by atoms with Crippen LogP contribution in [0.4, 0.5) is 5.69 Å². The highest BCUT2D eigenvalue weighted by atomic mass is 35.5. The minimum atomic E-state index is -0.0434. The number of benzene rings is 1. The second kappa shape index (κ2) is 5.52. The van der Waals surface area contributed by atoms with E-state index in [0.717, 1.165) is 18.0 Å². The molecular formula is C13H17ClN2O. The van der Waals surface area contributed by atoms with Crippen molar-refractivity contribution >= 4 is 23.2 Å². The van der Waals surface area contributed by atoms with E-state index in [1.54, 1.807) is 6.07 Å². The summed E-state index contributed by atoms with van der Waals surface area (Å²) < 4.78 is 0. The summed E-state index contributed by atoms with van der Waals surface area (Å²) in [5.41, 5.74) is 1.76. The second-order valence-electron chi connectivity index (χ2n) is 4.61. The zero-order valence-electron chi connectivity index (χ0n) is 9.92. The van der Waals surface area contributed by atoms with Gasteiger partial charge >= 0.3 is 0 Å². The molecule has 1 saturated carbocycles.